The second-order valence-corrected chi connectivity index (χ2v) is 9.10. The highest BCUT2D eigenvalue weighted by molar-refractivity contribution is 5.88. The summed E-state index contributed by atoms with van der Waals surface area (Å²) in [6, 6.07) is 13.7. The first-order valence-electron chi connectivity index (χ1n) is 10.2. The van der Waals surface area contributed by atoms with Gasteiger partial charge >= 0.3 is 0 Å². The van der Waals surface area contributed by atoms with Gasteiger partial charge in [0.15, 0.2) is 0 Å². The number of nitrogens with zero attached hydrogens (tertiary/aromatic N) is 1. The second-order valence-electron chi connectivity index (χ2n) is 9.10. The highest BCUT2D eigenvalue weighted by Crippen LogP contribution is 2.16. The number of aryl methyl sites for hydroxylation is 3. The van der Waals surface area contributed by atoms with E-state index < -0.39 is 6.04 Å². The smallest absolute Gasteiger partial charge is 0.242 e. The zero-order valence-electron chi connectivity index (χ0n) is 18.8. The van der Waals surface area contributed by atoms with Crippen molar-refractivity contribution in [1.29, 1.82) is 0 Å². The van der Waals surface area contributed by atoms with Crippen molar-refractivity contribution < 1.29 is 9.59 Å². The van der Waals surface area contributed by atoms with Crippen LogP contribution in [0, 0.1) is 20.8 Å². The predicted octanol–water partition coefficient (Wildman–Crippen LogP) is 4.49. The van der Waals surface area contributed by atoms with E-state index in [9.17, 15) is 9.59 Å². The van der Waals surface area contributed by atoms with Gasteiger partial charge in [0.1, 0.15) is 6.04 Å². The van der Waals surface area contributed by atoms with Crippen LogP contribution in [0.4, 0.5) is 0 Å². The van der Waals surface area contributed by atoms with Crippen molar-refractivity contribution in [2.45, 2.75) is 73.0 Å². The molecule has 0 aromatic heterocycles. The molecule has 1 N–H and O–H groups in total. The van der Waals surface area contributed by atoms with Gasteiger partial charge in [0.2, 0.25) is 11.8 Å². The predicted molar refractivity (Wildman–Crippen MR) is 119 cm³/mol. The molecule has 156 valence electrons. The van der Waals surface area contributed by atoms with E-state index in [-0.39, 0.29) is 23.8 Å². The Morgan fingerprint density at radius 3 is 2.07 bits per heavy atom. The van der Waals surface area contributed by atoms with Gasteiger partial charge < -0.3 is 10.2 Å². The van der Waals surface area contributed by atoms with Crippen molar-refractivity contribution in [2.24, 2.45) is 0 Å². The summed E-state index contributed by atoms with van der Waals surface area (Å²) in [4.78, 5) is 27.8. The topological polar surface area (TPSA) is 49.4 Å². The third-order valence-electron chi connectivity index (χ3n) is 4.74. The molecular weight excluding hydrogens is 360 g/mol. The van der Waals surface area contributed by atoms with Gasteiger partial charge in [-0.2, -0.15) is 0 Å². The summed E-state index contributed by atoms with van der Waals surface area (Å²) in [7, 11) is 0. The minimum atomic E-state index is -0.562. The summed E-state index contributed by atoms with van der Waals surface area (Å²) in [5.74, 6) is -0.188. The molecule has 0 radical (unpaired) electrons. The number of rotatable bonds is 6. The molecule has 0 saturated carbocycles. The lowest BCUT2D eigenvalue weighted by atomic mass is 10.0. The molecular formula is C25H34N2O2. The van der Waals surface area contributed by atoms with E-state index in [2.05, 4.69) is 17.4 Å². The van der Waals surface area contributed by atoms with E-state index in [4.69, 9.17) is 0 Å². The minimum absolute atomic E-state index is 0.0481. The number of carbonyl (C=O) groups is 2. The van der Waals surface area contributed by atoms with Crippen LogP contribution in [0.5, 0.6) is 0 Å². The molecule has 1 unspecified atom stereocenters. The van der Waals surface area contributed by atoms with E-state index in [1.165, 1.54) is 0 Å². The Bertz CT molecular complexity index is 860. The first kappa shape index (κ1) is 22.7. The standard InChI is InChI=1S/C25H34N2O2/c1-17-9-8-10-21(12-17)16-27(20(4)24(29)26-25(5,6)7)23(28)15-22-13-18(2)11-19(3)14-22/h8-14,20H,15-16H2,1-7H3,(H,26,29). The van der Waals surface area contributed by atoms with E-state index in [1.807, 2.05) is 71.9 Å². The van der Waals surface area contributed by atoms with E-state index in [0.717, 1.165) is 27.8 Å². The summed E-state index contributed by atoms with van der Waals surface area (Å²) in [6.45, 7) is 14.1. The molecule has 0 spiro atoms. The van der Waals surface area contributed by atoms with Crippen LogP contribution in [0.2, 0.25) is 0 Å². The Balaban J connectivity index is 2.29. The van der Waals surface area contributed by atoms with Crippen molar-refractivity contribution in [2.75, 3.05) is 0 Å². The van der Waals surface area contributed by atoms with Crippen LogP contribution in [-0.4, -0.2) is 28.3 Å². The average molecular weight is 395 g/mol. The lowest BCUT2D eigenvalue weighted by Crippen LogP contribution is -2.52. The minimum Gasteiger partial charge on any atom is -0.350 e. The molecule has 1 atom stereocenters. The van der Waals surface area contributed by atoms with Crippen LogP contribution in [0.15, 0.2) is 42.5 Å². The van der Waals surface area contributed by atoms with Gasteiger partial charge in [0.05, 0.1) is 6.42 Å². The van der Waals surface area contributed by atoms with Gasteiger partial charge in [-0.25, -0.2) is 0 Å². The molecule has 4 heteroatoms. The molecule has 29 heavy (non-hydrogen) atoms. The molecule has 0 bridgehead atoms. The van der Waals surface area contributed by atoms with Gasteiger partial charge in [-0.1, -0.05) is 59.2 Å². The maximum Gasteiger partial charge on any atom is 0.242 e. The number of amides is 2. The SMILES string of the molecule is Cc1cc(C)cc(CC(=O)N(Cc2cccc(C)c2)C(C)C(=O)NC(C)(C)C)c1. The molecule has 0 aliphatic heterocycles. The Morgan fingerprint density at radius 1 is 0.931 bits per heavy atom. The zero-order valence-corrected chi connectivity index (χ0v) is 18.8. The fourth-order valence-electron chi connectivity index (χ4n) is 3.51. The van der Waals surface area contributed by atoms with Crippen molar-refractivity contribution in [3.63, 3.8) is 0 Å². The quantitative estimate of drug-likeness (QED) is 0.785. The molecule has 2 aromatic carbocycles. The molecule has 0 saturated heterocycles. The van der Waals surface area contributed by atoms with Crippen LogP contribution >= 0.6 is 0 Å². The Hall–Kier alpha value is -2.62. The summed E-state index contributed by atoms with van der Waals surface area (Å²) in [5.41, 5.74) is 5.06. The highest BCUT2D eigenvalue weighted by Gasteiger charge is 2.28. The molecule has 0 aliphatic carbocycles. The van der Waals surface area contributed by atoms with Crippen LogP contribution in [0.1, 0.15) is 55.5 Å². The summed E-state index contributed by atoms with van der Waals surface area (Å²) in [5, 5.41) is 3.00. The second kappa shape index (κ2) is 9.25. The normalized spacial score (nSPS) is 12.4. The van der Waals surface area contributed by atoms with Gasteiger partial charge in [-0.05, 0) is 59.6 Å². The first-order chi connectivity index (χ1) is 13.4. The van der Waals surface area contributed by atoms with E-state index in [0.29, 0.717) is 6.54 Å². The number of hydrogen-bond donors (Lipinski definition) is 1. The zero-order chi connectivity index (χ0) is 21.8. The van der Waals surface area contributed by atoms with E-state index in [1.54, 1.807) is 11.8 Å². The largest absolute Gasteiger partial charge is 0.350 e. The number of carbonyl (C=O) groups excluding carboxylic acids is 2. The van der Waals surface area contributed by atoms with Crippen molar-refractivity contribution >= 4 is 11.8 Å². The number of nitrogens with one attached hydrogen (secondary N) is 1. The first-order valence-corrected chi connectivity index (χ1v) is 10.2. The van der Waals surface area contributed by atoms with Crippen LogP contribution in [0.25, 0.3) is 0 Å². The maximum absolute atomic E-state index is 13.3. The molecule has 2 rings (SSSR count). The van der Waals surface area contributed by atoms with Crippen molar-refractivity contribution in [3.8, 4) is 0 Å². The fourth-order valence-corrected chi connectivity index (χ4v) is 3.51. The lowest BCUT2D eigenvalue weighted by molar-refractivity contribution is -0.140. The molecule has 2 aromatic rings. The van der Waals surface area contributed by atoms with Crippen molar-refractivity contribution in [3.05, 3.63) is 70.3 Å². The van der Waals surface area contributed by atoms with Gasteiger partial charge in [0.25, 0.3) is 0 Å². The Morgan fingerprint density at radius 2 is 1.52 bits per heavy atom. The Labute approximate surface area is 175 Å². The summed E-state index contributed by atoms with van der Waals surface area (Å²) in [6.07, 6.45) is 0.279. The monoisotopic (exact) mass is 394 g/mol. The van der Waals surface area contributed by atoms with E-state index >= 15 is 0 Å². The summed E-state index contributed by atoms with van der Waals surface area (Å²) < 4.78 is 0. The molecule has 0 aliphatic rings. The lowest BCUT2D eigenvalue weighted by Gasteiger charge is -2.31. The maximum atomic E-state index is 13.3. The van der Waals surface area contributed by atoms with Crippen LogP contribution in [0.3, 0.4) is 0 Å². The van der Waals surface area contributed by atoms with Gasteiger partial charge in [-0.15, -0.1) is 0 Å². The fraction of sp³-hybridized carbons (Fsp3) is 0.440. The molecule has 0 heterocycles. The molecule has 2 amide bonds. The van der Waals surface area contributed by atoms with Gasteiger partial charge in [0, 0.05) is 12.1 Å². The number of hydrogen-bond acceptors (Lipinski definition) is 2. The highest BCUT2D eigenvalue weighted by atomic mass is 16.2. The number of benzene rings is 2. The molecule has 4 nitrogen and oxygen atoms in total. The third kappa shape index (κ3) is 7.04. The van der Waals surface area contributed by atoms with Crippen LogP contribution < -0.4 is 5.32 Å². The summed E-state index contributed by atoms with van der Waals surface area (Å²) >= 11 is 0. The van der Waals surface area contributed by atoms with Gasteiger partial charge in [-0.3, -0.25) is 9.59 Å². The Kier molecular flexibility index (Phi) is 7.23. The third-order valence-corrected chi connectivity index (χ3v) is 4.74. The van der Waals surface area contributed by atoms with Crippen molar-refractivity contribution in [1.82, 2.24) is 10.2 Å². The van der Waals surface area contributed by atoms with Crippen LogP contribution in [-0.2, 0) is 22.6 Å². The average Bonchev–Trinajstić information content (AvgIpc) is 2.56. The molecule has 0 fully saturated rings.